The van der Waals surface area contributed by atoms with E-state index >= 15 is 0 Å². The average molecular weight is 311 g/mol. The van der Waals surface area contributed by atoms with Crippen LogP contribution in [0.15, 0.2) is 28.8 Å². The minimum Gasteiger partial charge on any atom is -0.361 e. The van der Waals surface area contributed by atoms with E-state index in [1.165, 1.54) is 31.2 Å². The second-order valence-corrected chi connectivity index (χ2v) is 6.27. The lowest BCUT2D eigenvalue weighted by atomic mass is 10.2. The molecule has 0 unspecified atom stereocenters. The molecule has 0 atom stereocenters. The molecular weight excluding hydrogens is 298 g/mol. The summed E-state index contributed by atoms with van der Waals surface area (Å²) < 4.78 is 31.1. The molecule has 2 aromatic rings. The Labute approximate surface area is 121 Å². The number of sulfonamides is 1. The molecule has 1 heterocycles. The zero-order valence-electron chi connectivity index (χ0n) is 11.4. The highest BCUT2D eigenvalue weighted by Crippen LogP contribution is 2.22. The van der Waals surface area contributed by atoms with E-state index in [1.54, 1.807) is 6.92 Å². The number of anilines is 1. The molecule has 0 fully saturated rings. The molecule has 0 saturated carbocycles. The Morgan fingerprint density at radius 3 is 2.57 bits per heavy atom. The lowest BCUT2D eigenvalue weighted by molar-refractivity contribution is -0.385. The predicted octanol–water partition coefficient (Wildman–Crippen LogP) is 2.14. The number of nitro benzene ring substituents is 1. The zero-order valence-corrected chi connectivity index (χ0v) is 12.2. The first kappa shape index (κ1) is 15.0. The van der Waals surface area contributed by atoms with Crippen molar-refractivity contribution in [1.29, 1.82) is 0 Å². The van der Waals surface area contributed by atoms with Crippen LogP contribution in [0.25, 0.3) is 0 Å². The third kappa shape index (κ3) is 3.78. The van der Waals surface area contributed by atoms with E-state index in [4.69, 9.17) is 4.52 Å². The van der Waals surface area contributed by atoms with Crippen LogP contribution in [-0.2, 0) is 15.8 Å². The van der Waals surface area contributed by atoms with E-state index in [9.17, 15) is 18.5 Å². The van der Waals surface area contributed by atoms with Gasteiger partial charge in [0.2, 0.25) is 10.0 Å². The summed E-state index contributed by atoms with van der Waals surface area (Å²) in [6, 6.07) is 5.54. The molecule has 0 saturated heterocycles. The van der Waals surface area contributed by atoms with E-state index in [0.29, 0.717) is 17.0 Å². The molecule has 0 aliphatic heterocycles. The highest BCUT2D eigenvalue weighted by Gasteiger charge is 2.16. The van der Waals surface area contributed by atoms with Gasteiger partial charge in [0.05, 0.1) is 4.92 Å². The van der Waals surface area contributed by atoms with Crippen molar-refractivity contribution in [3.8, 4) is 0 Å². The number of nitrogens with zero attached hydrogens (tertiary/aromatic N) is 2. The summed E-state index contributed by atoms with van der Waals surface area (Å²) in [7, 11) is -3.67. The van der Waals surface area contributed by atoms with Gasteiger partial charge in [-0.1, -0.05) is 5.16 Å². The molecule has 1 aromatic carbocycles. The zero-order chi connectivity index (χ0) is 15.6. The molecule has 2 rings (SSSR count). The molecule has 21 heavy (non-hydrogen) atoms. The Balaban J connectivity index is 2.17. The van der Waals surface area contributed by atoms with Crippen molar-refractivity contribution in [3.63, 3.8) is 0 Å². The second kappa shape index (κ2) is 5.52. The molecule has 9 heteroatoms. The van der Waals surface area contributed by atoms with Crippen molar-refractivity contribution in [1.82, 2.24) is 5.16 Å². The smallest absolute Gasteiger partial charge is 0.272 e. The summed E-state index contributed by atoms with van der Waals surface area (Å²) in [6.07, 6.45) is 0. The number of hydrogen-bond donors (Lipinski definition) is 1. The molecule has 0 bridgehead atoms. The van der Waals surface area contributed by atoms with Crippen LogP contribution < -0.4 is 4.72 Å². The van der Waals surface area contributed by atoms with Crippen molar-refractivity contribution < 1.29 is 17.9 Å². The van der Waals surface area contributed by atoms with Crippen LogP contribution in [0, 0.1) is 24.0 Å². The maximum absolute atomic E-state index is 12.0. The maximum Gasteiger partial charge on any atom is 0.272 e. The van der Waals surface area contributed by atoms with Gasteiger partial charge in [0.25, 0.3) is 5.69 Å². The molecule has 112 valence electrons. The second-order valence-electron chi connectivity index (χ2n) is 4.55. The normalized spacial score (nSPS) is 11.3. The van der Waals surface area contributed by atoms with Gasteiger partial charge in [-0.3, -0.25) is 14.8 Å². The van der Waals surface area contributed by atoms with E-state index in [-0.39, 0.29) is 17.1 Å². The van der Waals surface area contributed by atoms with Gasteiger partial charge in [0.15, 0.2) is 0 Å². The molecule has 0 aliphatic rings. The molecule has 0 amide bonds. The molecule has 0 radical (unpaired) electrons. The lowest BCUT2D eigenvalue weighted by Gasteiger charge is -2.07. The van der Waals surface area contributed by atoms with E-state index in [1.807, 2.05) is 0 Å². The Morgan fingerprint density at radius 2 is 2.05 bits per heavy atom. The summed E-state index contributed by atoms with van der Waals surface area (Å²) >= 11 is 0. The van der Waals surface area contributed by atoms with Crippen LogP contribution in [0.3, 0.4) is 0 Å². The van der Waals surface area contributed by atoms with Crippen molar-refractivity contribution in [2.45, 2.75) is 19.6 Å². The molecule has 8 nitrogen and oxygen atoms in total. The van der Waals surface area contributed by atoms with Crippen LogP contribution in [0.5, 0.6) is 0 Å². The maximum atomic E-state index is 12.0. The van der Waals surface area contributed by atoms with E-state index < -0.39 is 14.9 Å². The topological polar surface area (TPSA) is 115 Å². The summed E-state index contributed by atoms with van der Waals surface area (Å²) in [4.78, 5) is 10.2. The van der Waals surface area contributed by atoms with Crippen LogP contribution in [-0.4, -0.2) is 18.5 Å². The Hall–Kier alpha value is -2.42. The van der Waals surface area contributed by atoms with Gasteiger partial charge in [-0.25, -0.2) is 8.42 Å². The first-order chi connectivity index (χ1) is 9.77. The van der Waals surface area contributed by atoms with Gasteiger partial charge in [-0.2, -0.15) is 0 Å². The first-order valence-electron chi connectivity index (χ1n) is 5.94. The van der Waals surface area contributed by atoms with E-state index in [2.05, 4.69) is 9.88 Å². The number of rotatable bonds is 5. The number of nitro groups is 1. The fourth-order valence-electron chi connectivity index (χ4n) is 1.82. The van der Waals surface area contributed by atoms with Crippen molar-refractivity contribution in [3.05, 3.63) is 51.4 Å². The third-order valence-corrected chi connectivity index (χ3v) is 3.90. The van der Waals surface area contributed by atoms with Crippen molar-refractivity contribution in [2.24, 2.45) is 0 Å². The van der Waals surface area contributed by atoms with Gasteiger partial charge in [0.1, 0.15) is 17.2 Å². The minimum absolute atomic E-state index is 0.0647. The third-order valence-electron chi connectivity index (χ3n) is 2.68. The number of aryl methyl sites for hydroxylation is 2. The van der Waals surface area contributed by atoms with Crippen LogP contribution in [0.1, 0.15) is 17.0 Å². The molecule has 0 aliphatic carbocycles. The van der Waals surface area contributed by atoms with Crippen LogP contribution in [0.4, 0.5) is 11.4 Å². The summed E-state index contributed by atoms with van der Waals surface area (Å²) in [5, 5.41) is 14.3. The van der Waals surface area contributed by atoms with Gasteiger partial charge >= 0.3 is 0 Å². The largest absolute Gasteiger partial charge is 0.361 e. The van der Waals surface area contributed by atoms with E-state index in [0.717, 1.165) is 0 Å². The SMILES string of the molecule is Cc1cc(CS(=O)(=O)Nc2ccc([N+](=O)[O-])c(C)c2)no1. The standard InChI is InChI=1S/C12H13N3O5S/c1-8-5-10(3-4-12(8)15(16)17)14-21(18,19)7-11-6-9(2)20-13-11/h3-6,14H,7H2,1-2H3. The number of benzene rings is 1. The monoisotopic (exact) mass is 311 g/mol. The van der Waals surface area contributed by atoms with Gasteiger partial charge in [0, 0.05) is 23.4 Å². The summed E-state index contributed by atoms with van der Waals surface area (Å²) in [5.74, 6) is 0.187. The fraction of sp³-hybridized carbons (Fsp3) is 0.250. The molecule has 1 N–H and O–H groups in total. The summed E-state index contributed by atoms with van der Waals surface area (Å²) in [5.41, 5.74) is 0.861. The highest BCUT2D eigenvalue weighted by atomic mass is 32.2. The first-order valence-corrected chi connectivity index (χ1v) is 7.60. The van der Waals surface area contributed by atoms with Crippen molar-refractivity contribution >= 4 is 21.4 Å². The van der Waals surface area contributed by atoms with Crippen LogP contribution in [0.2, 0.25) is 0 Å². The summed E-state index contributed by atoms with van der Waals surface area (Å²) in [6.45, 7) is 3.20. The molecular formula is C12H13N3O5S. The van der Waals surface area contributed by atoms with Gasteiger partial charge in [-0.15, -0.1) is 0 Å². The Morgan fingerprint density at radius 1 is 1.33 bits per heavy atom. The van der Waals surface area contributed by atoms with Crippen LogP contribution >= 0.6 is 0 Å². The Bertz CT molecular complexity index is 782. The Kier molecular flexibility index (Phi) is 3.94. The fourth-order valence-corrected chi connectivity index (χ4v) is 2.90. The lowest BCUT2D eigenvalue weighted by Crippen LogP contribution is -2.15. The molecule has 0 spiro atoms. The predicted molar refractivity (Wildman–Crippen MR) is 75.3 cm³/mol. The van der Waals surface area contributed by atoms with Crippen molar-refractivity contribution in [2.75, 3.05) is 4.72 Å². The number of nitrogens with one attached hydrogen (secondary N) is 1. The highest BCUT2D eigenvalue weighted by molar-refractivity contribution is 7.91. The minimum atomic E-state index is -3.67. The number of aromatic nitrogens is 1. The average Bonchev–Trinajstić information content (AvgIpc) is 2.72. The number of hydrogen-bond acceptors (Lipinski definition) is 6. The van der Waals surface area contributed by atoms with Gasteiger partial charge < -0.3 is 4.52 Å². The quantitative estimate of drug-likeness (QED) is 0.668. The molecule has 1 aromatic heterocycles. The van der Waals surface area contributed by atoms with Gasteiger partial charge in [-0.05, 0) is 26.0 Å².